The standard InChI is InChI=1S/C26H36N6O3/c1-27-22-15-23(33)31(19-29-22)18-26(35)11-13-30(17-25(26)9-5-6-10-25)24(34)32-14-12-28-16-21(32)20-7-3-2-4-8-20/h2-4,7-8,15,19,21,27-28,35H,5-6,9-14,16-18H2,1H3. The Morgan fingerprint density at radius 3 is 2.69 bits per heavy atom. The minimum Gasteiger partial charge on any atom is -0.387 e. The van der Waals surface area contributed by atoms with Crippen LogP contribution in [-0.2, 0) is 6.54 Å². The number of benzene rings is 1. The first kappa shape index (κ1) is 23.8. The third-order valence-electron chi connectivity index (χ3n) is 8.35. The quantitative estimate of drug-likeness (QED) is 0.619. The van der Waals surface area contributed by atoms with Crippen LogP contribution in [0.4, 0.5) is 10.6 Å². The molecule has 35 heavy (non-hydrogen) atoms. The molecule has 9 nitrogen and oxygen atoms in total. The maximum atomic E-state index is 13.8. The van der Waals surface area contributed by atoms with Gasteiger partial charge in [-0.25, -0.2) is 9.78 Å². The Kier molecular flexibility index (Phi) is 6.55. The summed E-state index contributed by atoms with van der Waals surface area (Å²) in [5.74, 6) is 0.512. The van der Waals surface area contributed by atoms with E-state index in [4.69, 9.17) is 0 Å². The number of nitrogens with zero attached hydrogens (tertiary/aromatic N) is 4. The Labute approximate surface area is 206 Å². The van der Waals surface area contributed by atoms with E-state index in [-0.39, 0.29) is 24.2 Å². The van der Waals surface area contributed by atoms with Gasteiger partial charge in [0.15, 0.2) is 0 Å². The van der Waals surface area contributed by atoms with Gasteiger partial charge in [0, 0.05) is 51.3 Å². The lowest BCUT2D eigenvalue weighted by atomic mass is 9.66. The summed E-state index contributed by atoms with van der Waals surface area (Å²) in [7, 11) is 1.72. The van der Waals surface area contributed by atoms with Crippen LogP contribution >= 0.6 is 0 Å². The molecule has 2 amide bonds. The van der Waals surface area contributed by atoms with E-state index in [0.717, 1.165) is 44.3 Å². The summed E-state index contributed by atoms with van der Waals surface area (Å²) >= 11 is 0. The summed E-state index contributed by atoms with van der Waals surface area (Å²) in [6, 6.07) is 11.7. The normalized spacial score (nSPS) is 26.2. The summed E-state index contributed by atoms with van der Waals surface area (Å²) in [5, 5.41) is 18.3. The van der Waals surface area contributed by atoms with Crippen LogP contribution in [0.3, 0.4) is 0 Å². The molecule has 1 aromatic carbocycles. The number of carbonyl (C=O) groups excluding carboxylic acids is 1. The Balaban J connectivity index is 1.37. The van der Waals surface area contributed by atoms with Crippen LogP contribution in [0, 0.1) is 5.41 Å². The van der Waals surface area contributed by atoms with Gasteiger partial charge in [-0.1, -0.05) is 43.2 Å². The molecular formula is C26H36N6O3. The van der Waals surface area contributed by atoms with Gasteiger partial charge < -0.3 is 25.5 Å². The fourth-order valence-electron chi connectivity index (χ4n) is 6.31. The molecule has 3 heterocycles. The number of amides is 2. The maximum Gasteiger partial charge on any atom is 0.320 e. The first-order valence-electron chi connectivity index (χ1n) is 12.7. The van der Waals surface area contributed by atoms with Gasteiger partial charge in [0.05, 0.1) is 24.5 Å². The average molecular weight is 481 g/mol. The number of hydrogen-bond donors (Lipinski definition) is 3. The zero-order chi connectivity index (χ0) is 24.5. The largest absolute Gasteiger partial charge is 0.387 e. The highest BCUT2D eigenvalue weighted by atomic mass is 16.3. The number of carbonyl (C=O) groups is 1. The summed E-state index contributed by atoms with van der Waals surface area (Å²) < 4.78 is 1.51. The van der Waals surface area contributed by atoms with E-state index in [9.17, 15) is 14.7 Å². The smallest absolute Gasteiger partial charge is 0.320 e. The van der Waals surface area contributed by atoms with Gasteiger partial charge in [0.25, 0.3) is 5.56 Å². The molecule has 1 spiro atoms. The molecular weight excluding hydrogens is 444 g/mol. The Hall–Kier alpha value is -2.91. The third-order valence-corrected chi connectivity index (χ3v) is 8.35. The number of nitrogens with one attached hydrogen (secondary N) is 2. The van der Waals surface area contributed by atoms with Crippen LogP contribution in [-0.4, -0.2) is 75.9 Å². The number of hydrogen-bond acceptors (Lipinski definition) is 6. The lowest BCUT2D eigenvalue weighted by molar-refractivity contribution is -0.137. The van der Waals surface area contributed by atoms with Crippen molar-refractivity contribution < 1.29 is 9.90 Å². The van der Waals surface area contributed by atoms with Gasteiger partial charge in [0.2, 0.25) is 0 Å². The summed E-state index contributed by atoms with van der Waals surface area (Å²) in [4.78, 5) is 34.7. The molecule has 9 heteroatoms. The average Bonchev–Trinajstić information content (AvgIpc) is 3.37. The first-order valence-corrected chi connectivity index (χ1v) is 12.7. The van der Waals surface area contributed by atoms with Crippen molar-refractivity contribution in [2.75, 3.05) is 45.1 Å². The second kappa shape index (κ2) is 9.62. The Morgan fingerprint density at radius 2 is 1.97 bits per heavy atom. The van der Waals surface area contributed by atoms with Gasteiger partial charge in [-0.05, 0) is 24.8 Å². The summed E-state index contributed by atoms with van der Waals surface area (Å²) in [6.07, 6.45) is 5.72. The second-order valence-electron chi connectivity index (χ2n) is 10.3. The highest BCUT2D eigenvalue weighted by molar-refractivity contribution is 5.75. The topological polar surface area (TPSA) is 103 Å². The Bertz CT molecular complexity index is 1100. The monoisotopic (exact) mass is 480 g/mol. The predicted octanol–water partition coefficient (Wildman–Crippen LogP) is 2.05. The van der Waals surface area contributed by atoms with E-state index in [2.05, 4.69) is 27.8 Å². The SMILES string of the molecule is CNc1cc(=O)n(CC2(O)CCN(C(=O)N3CCNCC3c3ccccc3)CC23CCCC3)cn1. The molecule has 5 rings (SSSR count). The summed E-state index contributed by atoms with van der Waals surface area (Å²) in [6.45, 7) is 3.35. The molecule has 0 bridgehead atoms. The highest BCUT2D eigenvalue weighted by Crippen LogP contribution is 2.51. The predicted molar refractivity (Wildman–Crippen MR) is 134 cm³/mol. The van der Waals surface area contributed by atoms with Crippen molar-refractivity contribution in [1.82, 2.24) is 24.7 Å². The van der Waals surface area contributed by atoms with Crippen LogP contribution in [0.5, 0.6) is 0 Å². The molecule has 1 saturated carbocycles. The number of urea groups is 1. The molecule has 3 fully saturated rings. The molecule has 2 unspecified atom stereocenters. The lowest BCUT2D eigenvalue weighted by Crippen LogP contribution is -2.64. The molecule has 188 valence electrons. The molecule has 0 radical (unpaired) electrons. The van der Waals surface area contributed by atoms with Crippen LogP contribution in [0.15, 0.2) is 47.5 Å². The van der Waals surface area contributed by atoms with Crippen molar-refractivity contribution in [3.8, 4) is 0 Å². The number of aromatic nitrogens is 2. The number of anilines is 1. The molecule has 2 aliphatic heterocycles. The minimum atomic E-state index is -1.06. The number of piperazine rings is 1. The van der Waals surface area contributed by atoms with Crippen molar-refractivity contribution in [3.05, 3.63) is 58.6 Å². The molecule has 2 aromatic rings. The Morgan fingerprint density at radius 1 is 1.20 bits per heavy atom. The van der Waals surface area contributed by atoms with E-state index in [0.29, 0.717) is 31.9 Å². The van der Waals surface area contributed by atoms with Crippen molar-refractivity contribution in [3.63, 3.8) is 0 Å². The lowest BCUT2D eigenvalue weighted by Gasteiger charge is -2.53. The molecule has 3 aliphatic rings. The van der Waals surface area contributed by atoms with Crippen molar-refractivity contribution in [2.45, 2.75) is 50.3 Å². The van der Waals surface area contributed by atoms with E-state index in [1.807, 2.05) is 28.0 Å². The molecule has 3 N–H and O–H groups in total. The fourth-order valence-corrected chi connectivity index (χ4v) is 6.31. The molecule has 2 saturated heterocycles. The van der Waals surface area contributed by atoms with Crippen molar-refractivity contribution >= 4 is 11.8 Å². The van der Waals surface area contributed by atoms with E-state index in [1.54, 1.807) is 7.05 Å². The zero-order valence-corrected chi connectivity index (χ0v) is 20.4. The first-order chi connectivity index (χ1) is 16.9. The van der Waals surface area contributed by atoms with E-state index in [1.165, 1.54) is 17.0 Å². The minimum absolute atomic E-state index is 0.00636. The van der Waals surface area contributed by atoms with Gasteiger partial charge in [-0.15, -0.1) is 0 Å². The van der Waals surface area contributed by atoms with E-state index < -0.39 is 11.0 Å². The van der Waals surface area contributed by atoms with Crippen LogP contribution in [0.25, 0.3) is 0 Å². The van der Waals surface area contributed by atoms with E-state index >= 15 is 0 Å². The van der Waals surface area contributed by atoms with Gasteiger partial charge in [-0.3, -0.25) is 9.36 Å². The molecule has 1 aliphatic carbocycles. The molecule has 1 aromatic heterocycles. The maximum absolute atomic E-state index is 13.8. The number of likely N-dealkylation sites (tertiary alicyclic amines) is 1. The third kappa shape index (κ3) is 4.43. The van der Waals surface area contributed by atoms with Crippen LogP contribution in [0.2, 0.25) is 0 Å². The van der Waals surface area contributed by atoms with Crippen LogP contribution in [0.1, 0.15) is 43.7 Å². The molecule has 2 atom stereocenters. The van der Waals surface area contributed by atoms with Crippen molar-refractivity contribution in [1.29, 1.82) is 0 Å². The van der Waals surface area contributed by atoms with Gasteiger partial charge in [-0.2, -0.15) is 0 Å². The van der Waals surface area contributed by atoms with Crippen LogP contribution < -0.4 is 16.2 Å². The zero-order valence-electron chi connectivity index (χ0n) is 20.4. The second-order valence-corrected chi connectivity index (χ2v) is 10.3. The number of aliphatic hydroxyl groups is 1. The van der Waals surface area contributed by atoms with Gasteiger partial charge in [0.1, 0.15) is 5.82 Å². The fraction of sp³-hybridized carbons (Fsp3) is 0.577. The number of piperidine rings is 1. The van der Waals surface area contributed by atoms with Gasteiger partial charge >= 0.3 is 6.03 Å². The summed E-state index contributed by atoms with van der Waals surface area (Å²) in [5.41, 5.74) is -0.530. The highest BCUT2D eigenvalue weighted by Gasteiger charge is 2.56. The number of rotatable bonds is 4. The van der Waals surface area contributed by atoms with Crippen molar-refractivity contribution in [2.24, 2.45) is 5.41 Å².